The number of hydrogen-bond donors (Lipinski definition) is 1. The third-order valence-corrected chi connectivity index (χ3v) is 5.32. The van der Waals surface area contributed by atoms with Crippen molar-refractivity contribution in [2.45, 2.75) is 38.5 Å². The molecule has 4 heterocycles. The molecule has 7 heteroatoms. The summed E-state index contributed by atoms with van der Waals surface area (Å²) >= 11 is 0. The van der Waals surface area contributed by atoms with Gasteiger partial charge in [-0.3, -0.25) is 14.7 Å². The Balaban J connectivity index is 1.39. The number of hydrogen-bond acceptors (Lipinski definition) is 6. The Morgan fingerprint density at radius 1 is 1.29 bits per heavy atom. The summed E-state index contributed by atoms with van der Waals surface area (Å²) in [7, 11) is 1.94. The van der Waals surface area contributed by atoms with Gasteiger partial charge in [0, 0.05) is 37.3 Å². The predicted molar refractivity (Wildman–Crippen MR) is 108 cm³/mol. The molecule has 0 bridgehead atoms. The number of aryl methyl sites for hydroxylation is 1. The lowest BCUT2D eigenvalue weighted by Gasteiger charge is -2.27. The van der Waals surface area contributed by atoms with Crippen LogP contribution in [0.5, 0.6) is 5.88 Å². The Morgan fingerprint density at radius 3 is 3.11 bits per heavy atom. The Bertz CT molecular complexity index is 1060. The molecular formula is C21H23N5O2. The van der Waals surface area contributed by atoms with Gasteiger partial charge in [0.2, 0.25) is 5.88 Å². The van der Waals surface area contributed by atoms with E-state index in [0.29, 0.717) is 12.4 Å². The minimum absolute atomic E-state index is 0.148. The van der Waals surface area contributed by atoms with Crippen LogP contribution < -0.4 is 10.1 Å². The molecule has 28 heavy (non-hydrogen) atoms. The van der Waals surface area contributed by atoms with Gasteiger partial charge in [0.1, 0.15) is 11.8 Å². The minimum atomic E-state index is 0.148. The van der Waals surface area contributed by atoms with E-state index < -0.39 is 0 Å². The van der Waals surface area contributed by atoms with Crippen LogP contribution in [0.2, 0.25) is 0 Å². The van der Waals surface area contributed by atoms with Crippen LogP contribution in [-0.2, 0) is 18.3 Å². The molecule has 0 radical (unpaired) electrons. The van der Waals surface area contributed by atoms with E-state index in [1.54, 1.807) is 6.20 Å². The molecule has 2 aromatic heterocycles. The first-order chi connectivity index (χ1) is 13.7. The molecule has 1 aromatic carbocycles. The quantitative estimate of drug-likeness (QED) is 0.758. The Hall–Kier alpha value is -2.93. The zero-order chi connectivity index (χ0) is 19.1. The lowest BCUT2D eigenvalue weighted by atomic mass is 10.1. The van der Waals surface area contributed by atoms with Gasteiger partial charge in [-0.1, -0.05) is 6.07 Å². The van der Waals surface area contributed by atoms with Gasteiger partial charge in [0.15, 0.2) is 5.84 Å². The molecule has 2 atom stereocenters. The van der Waals surface area contributed by atoms with E-state index in [-0.39, 0.29) is 12.2 Å². The number of nitrogens with one attached hydrogen (secondary N) is 1. The van der Waals surface area contributed by atoms with Crippen molar-refractivity contribution in [3.63, 3.8) is 0 Å². The number of aromatic nitrogens is 3. The summed E-state index contributed by atoms with van der Waals surface area (Å²) in [5.74, 6) is 1.50. The number of anilines is 1. The minimum Gasteiger partial charge on any atom is -0.473 e. The highest BCUT2D eigenvalue weighted by Crippen LogP contribution is 2.30. The molecule has 0 saturated carbocycles. The van der Waals surface area contributed by atoms with E-state index in [1.807, 2.05) is 23.9 Å². The summed E-state index contributed by atoms with van der Waals surface area (Å²) in [5, 5.41) is 9.02. The number of amidine groups is 1. The Kier molecular flexibility index (Phi) is 4.24. The fourth-order valence-corrected chi connectivity index (χ4v) is 3.86. The van der Waals surface area contributed by atoms with Gasteiger partial charge in [-0.05, 0) is 31.2 Å². The second-order valence-electron chi connectivity index (χ2n) is 7.41. The molecule has 7 nitrogen and oxygen atoms in total. The van der Waals surface area contributed by atoms with Gasteiger partial charge in [-0.2, -0.15) is 0 Å². The van der Waals surface area contributed by atoms with E-state index in [2.05, 4.69) is 45.5 Å². The van der Waals surface area contributed by atoms with Crippen LogP contribution >= 0.6 is 0 Å². The molecule has 2 aliphatic rings. The summed E-state index contributed by atoms with van der Waals surface area (Å²) in [5.41, 5.74) is 4.04. The number of fused-ring (bicyclic) bond motifs is 2. The summed E-state index contributed by atoms with van der Waals surface area (Å²) in [6.07, 6.45) is 3.97. The van der Waals surface area contributed by atoms with Gasteiger partial charge in [0.25, 0.3) is 0 Å². The van der Waals surface area contributed by atoms with Crippen LogP contribution in [0.25, 0.3) is 10.9 Å². The van der Waals surface area contributed by atoms with E-state index in [4.69, 9.17) is 9.47 Å². The zero-order valence-electron chi connectivity index (χ0n) is 16.1. The van der Waals surface area contributed by atoms with Crippen molar-refractivity contribution in [2.75, 3.05) is 11.9 Å². The largest absolute Gasteiger partial charge is 0.473 e. The molecular weight excluding hydrogens is 354 g/mol. The van der Waals surface area contributed by atoms with Crippen LogP contribution in [0.15, 0.2) is 41.5 Å². The maximum absolute atomic E-state index is 6.21. The molecule has 1 saturated heterocycles. The van der Waals surface area contributed by atoms with Crippen molar-refractivity contribution in [3.05, 3.63) is 47.8 Å². The van der Waals surface area contributed by atoms with Gasteiger partial charge in [-0.15, -0.1) is 5.10 Å². The smallest absolute Gasteiger partial charge is 0.241 e. The molecule has 1 fully saturated rings. The maximum atomic E-state index is 6.21. The van der Waals surface area contributed by atoms with Crippen molar-refractivity contribution >= 4 is 22.4 Å². The third-order valence-electron chi connectivity index (χ3n) is 5.32. The van der Waals surface area contributed by atoms with Gasteiger partial charge >= 0.3 is 0 Å². The number of rotatable bonds is 3. The fraction of sp³-hybridized carbons (Fsp3) is 0.381. The van der Waals surface area contributed by atoms with E-state index in [9.17, 15) is 0 Å². The highest BCUT2D eigenvalue weighted by Gasteiger charge is 2.23. The molecule has 0 amide bonds. The topological polar surface area (TPSA) is 73.6 Å². The number of nitrogens with zero attached hydrogens (tertiary/aromatic N) is 4. The zero-order valence-corrected chi connectivity index (χ0v) is 16.1. The van der Waals surface area contributed by atoms with Gasteiger partial charge < -0.3 is 14.8 Å². The van der Waals surface area contributed by atoms with E-state index in [0.717, 1.165) is 53.1 Å². The Labute approximate surface area is 163 Å². The van der Waals surface area contributed by atoms with Crippen molar-refractivity contribution in [1.29, 1.82) is 0 Å². The third kappa shape index (κ3) is 3.11. The van der Waals surface area contributed by atoms with E-state index in [1.165, 1.54) is 0 Å². The molecule has 3 aromatic rings. The highest BCUT2D eigenvalue weighted by atomic mass is 16.5. The standard InChI is InChI=1S/C21H23N5O2/c1-13-10-16(7-9-27-13)28-21-17-6-5-15(11-18(17)26(2)25-21)24-20-19-14(12-23-20)4-3-8-22-19/h3-6,8,11,13,16H,7,9-10,12H2,1-2H3,(H,23,24). The average molecular weight is 377 g/mol. The summed E-state index contributed by atoms with van der Waals surface area (Å²) in [6.45, 7) is 3.49. The lowest BCUT2D eigenvalue weighted by molar-refractivity contribution is -0.0261. The molecule has 0 spiro atoms. The lowest BCUT2D eigenvalue weighted by Crippen LogP contribution is -2.31. The second kappa shape index (κ2) is 6.91. The molecule has 144 valence electrons. The number of ether oxygens (including phenoxy) is 2. The number of benzene rings is 1. The van der Waals surface area contributed by atoms with Crippen molar-refractivity contribution in [1.82, 2.24) is 14.8 Å². The van der Waals surface area contributed by atoms with Crippen LogP contribution in [-0.4, -0.2) is 39.4 Å². The van der Waals surface area contributed by atoms with Crippen molar-refractivity contribution in [2.24, 2.45) is 12.0 Å². The first-order valence-electron chi connectivity index (χ1n) is 9.68. The van der Waals surface area contributed by atoms with Crippen molar-refractivity contribution in [3.8, 4) is 5.88 Å². The van der Waals surface area contributed by atoms with Gasteiger partial charge in [0.05, 0.1) is 30.2 Å². The Morgan fingerprint density at radius 2 is 2.21 bits per heavy atom. The monoisotopic (exact) mass is 377 g/mol. The molecule has 1 N–H and O–H groups in total. The molecule has 0 aliphatic carbocycles. The normalized spacial score (nSPS) is 21.4. The summed E-state index contributed by atoms with van der Waals surface area (Å²) in [4.78, 5) is 9.03. The predicted octanol–water partition coefficient (Wildman–Crippen LogP) is 3.29. The van der Waals surface area contributed by atoms with Crippen LogP contribution in [0.3, 0.4) is 0 Å². The summed E-state index contributed by atoms with van der Waals surface area (Å²) < 4.78 is 13.7. The SMILES string of the molecule is CC1CC(Oc2nn(C)c3cc(NC4=NCc5cccnc54)ccc23)CCO1. The van der Waals surface area contributed by atoms with Crippen molar-refractivity contribution < 1.29 is 9.47 Å². The maximum Gasteiger partial charge on any atom is 0.241 e. The average Bonchev–Trinajstić information content (AvgIpc) is 3.23. The number of pyridine rings is 1. The number of aliphatic imine (C=N–C) groups is 1. The van der Waals surface area contributed by atoms with Crippen LogP contribution in [0.1, 0.15) is 31.0 Å². The first kappa shape index (κ1) is 17.2. The van der Waals surface area contributed by atoms with E-state index >= 15 is 0 Å². The summed E-state index contributed by atoms with van der Waals surface area (Å²) in [6, 6.07) is 10.2. The second-order valence-corrected chi connectivity index (χ2v) is 7.41. The molecule has 5 rings (SSSR count). The van der Waals surface area contributed by atoms with Gasteiger partial charge in [-0.25, -0.2) is 0 Å². The molecule has 2 unspecified atom stereocenters. The highest BCUT2D eigenvalue weighted by molar-refractivity contribution is 6.09. The first-order valence-corrected chi connectivity index (χ1v) is 9.68. The molecule has 2 aliphatic heterocycles. The fourth-order valence-electron chi connectivity index (χ4n) is 3.86. The van der Waals surface area contributed by atoms with Crippen LogP contribution in [0, 0.1) is 0 Å². The van der Waals surface area contributed by atoms with Crippen LogP contribution in [0.4, 0.5) is 5.69 Å².